The lowest BCUT2D eigenvalue weighted by atomic mass is 10.0. The van der Waals surface area contributed by atoms with Gasteiger partial charge in [-0.2, -0.15) is 5.10 Å². The second-order valence-electron chi connectivity index (χ2n) is 5.00. The Balaban J connectivity index is 2.39. The Hall–Kier alpha value is -1.56. The molecule has 2 aromatic rings. The van der Waals surface area contributed by atoms with Gasteiger partial charge in [0.15, 0.2) is 0 Å². The summed E-state index contributed by atoms with van der Waals surface area (Å²) in [6.45, 7) is 4.24. The molecule has 1 atom stereocenters. The molecular formula is C15H20ClN3O2. The summed E-state index contributed by atoms with van der Waals surface area (Å²) in [7, 11) is 1.62. The molecule has 3 N–H and O–H groups in total. The zero-order valence-corrected chi connectivity index (χ0v) is 13.2. The maximum atomic E-state index is 9.19. The van der Waals surface area contributed by atoms with Crippen molar-refractivity contribution in [2.45, 2.75) is 26.4 Å². The van der Waals surface area contributed by atoms with E-state index in [9.17, 15) is 5.11 Å². The third-order valence-corrected chi connectivity index (χ3v) is 4.09. The fourth-order valence-corrected chi connectivity index (χ4v) is 2.38. The van der Waals surface area contributed by atoms with Crippen LogP contribution in [0.2, 0.25) is 5.02 Å². The first-order valence-corrected chi connectivity index (χ1v) is 7.08. The molecule has 0 aliphatic carbocycles. The number of rotatable bonds is 5. The molecular weight excluding hydrogens is 290 g/mol. The quantitative estimate of drug-likeness (QED) is 0.888. The number of halogens is 1. The van der Waals surface area contributed by atoms with Crippen molar-refractivity contribution in [3.05, 3.63) is 45.7 Å². The molecule has 0 amide bonds. The highest BCUT2D eigenvalue weighted by Crippen LogP contribution is 2.26. The van der Waals surface area contributed by atoms with Crippen LogP contribution >= 0.6 is 11.6 Å². The van der Waals surface area contributed by atoms with Gasteiger partial charge in [-0.1, -0.05) is 17.7 Å². The van der Waals surface area contributed by atoms with E-state index in [4.69, 9.17) is 22.1 Å². The molecule has 1 heterocycles. The summed E-state index contributed by atoms with van der Waals surface area (Å²) in [4.78, 5) is 0. The van der Waals surface area contributed by atoms with E-state index in [0.717, 1.165) is 28.3 Å². The topological polar surface area (TPSA) is 73.3 Å². The van der Waals surface area contributed by atoms with Gasteiger partial charge < -0.3 is 15.6 Å². The Morgan fingerprint density at radius 2 is 2.14 bits per heavy atom. The number of aryl methyl sites for hydroxylation is 1. The van der Waals surface area contributed by atoms with E-state index in [0.29, 0.717) is 11.6 Å². The van der Waals surface area contributed by atoms with Crippen molar-refractivity contribution in [2.75, 3.05) is 13.7 Å². The summed E-state index contributed by atoms with van der Waals surface area (Å²) in [5, 5.41) is 14.3. The van der Waals surface area contributed by atoms with Gasteiger partial charge in [0.1, 0.15) is 5.75 Å². The van der Waals surface area contributed by atoms with Crippen molar-refractivity contribution in [1.29, 1.82) is 0 Å². The number of nitrogens with two attached hydrogens (primary N) is 1. The largest absolute Gasteiger partial charge is 0.496 e. The van der Waals surface area contributed by atoms with Crippen LogP contribution in [-0.4, -0.2) is 28.6 Å². The molecule has 1 aromatic carbocycles. The Morgan fingerprint density at radius 1 is 1.43 bits per heavy atom. The summed E-state index contributed by atoms with van der Waals surface area (Å²) in [5.74, 6) is 0.757. The van der Waals surface area contributed by atoms with Crippen molar-refractivity contribution in [1.82, 2.24) is 9.78 Å². The van der Waals surface area contributed by atoms with Crippen LogP contribution in [0.15, 0.2) is 18.2 Å². The van der Waals surface area contributed by atoms with E-state index in [1.165, 1.54) is 0 Å². The molecule has 0 unspecified atom stereocenters. The molecule has 114 valence electrons. The van der Waals surface area contributed by atoms with E-state index in [2.05, 4.69) is 5.10 Å². The highest BCUT2D eigenvalue weighted by atomic mass is 35.5. The van der Waals surface area contributed by atoms with Crippen LogP contribution in [0, 0.1) is 13.8 Å². The lowest BCUT2D eigenvalue weighted by Crippen LogP contribution is -2.15. The number of methoxy groups -OCH3 is 1. The van der Waals surface area contributed by atoms with Crippen molar-refractivity contribution < 1.29 is 9.84 Å². The van der Waals surface area contributed by atoms with E-state index in [-0.39, 0.29) is 6.61 Å². The zero-order chi connectivity index (χ0) is 15.6. The zero-order valence-electron chi connectivity index (χ0n) is 12.4. The van der Waals surface area contributed by atoms with Gasteiger partial charge >= 0.3 is 0 Å². The number of aromatic nitrogens is 2. The smallest absolute Gasteiger partial charge is 0.123 e. The van der Waals surface area contributed by atoms with Gasteiger partial charge in [-0.05, 0) is 31.5 Å². The van der Waals surface area contributed by atoms with Gasteiger partial charge in [0.2, 0.25) is 0 Å². The van der Waals surface area contributed by atoms with Gasteiger partial charge in [0.25, 0.3) is 0 Å². The second-order valence-corrected chi connectivity index (χ2v) is 5.38. The summed E-state index contributed by atoms with van der Waals surface area (Å²) in [6.07, 6.45) is 0. The van der Waals surface area contributed by atoms with E-state index >= 15 is 0 Å². The molecule has 0 radical (unpaired) electrons. The average Bonchev–Trinajstić information content (AvgIpc) is 2.73. The molecule has 21 heavy (non-hydrogen) atoms. The minimum Gasteiger partial charge on any atom is -0.496 e. The maximum absolute atomic E-state index is 9.19. The van der Waals surface area contributed by atoms with Crippen molar-refractivity contribution in [2.24, 2.45) is 5.73 Å². The van der Waals surface area contributed by atoms with Crippen molar-refractivity contribution in [3.8, 4) is 5.75 Å². The first-order valence-electron chi connectivity index (χ1n) is 6.70. The van der Waals surface area contributed by atoms with Crippen LogP contribution in [0.4, 0.5) is 0 Å². The molecule has 0 spiro atoms. The van der Waals surface area contributed by atoms with Crippen molar-refractivity contribution in [3.63, 3.8) is 0 Å². The maximum Gasteiger partial charge on any atom is 0.123 e. The number of ether oxygens (including phenoxy) is 1. The highest BCUT2D eigenvalue weighted by Gasteiger charge is 2.13. The van der Waals surface area contributed by atoms with Gasteiger partial charge in [-0.15, -0.1) is 0 Å². The molecule has 0 saturated heterocycles. The van der Waals surface area contributed by atoms with Crippen LogP contribution in [0.1, 0.15) is 28.6 Å². The monoisotopic (exact) mass is 309 g/mol. The fourth-order valence-electron chi connectivity index (χ4n) is 2.25. The lowest BCUT2D eigenvalue weighted by Gasteiger charge is -2.14. The van der Waals surface area contributed by atoms with E-state index in [1.807, 2.05) is 36.7 Å². The van der Waals surface area contributed by atoms with Gasteiger partial charge in [0, 0.05) is 5.56 Å². The normalized spacial score (nSPS) is 12.5. The standard InChI is InChI=1S/C15H20ClN3O2/c1-9-15(16)10(2)19(18-9)7-12-6-11(13(17)8-20)4-5-14(12)21-3/h4-6,13,20H,7-8,17H2,1-3H3/t13-/m0/s1. The van der Waals surface area contributed by atoms with Crippen LogP contribution in [-0.2, 0) is 6.54 Å². The van der Waals surface area contributed by atoms with Crippen LogP contribution in [0.3, 0.4) is 0 Å². The predicted octanol–water partition coefficient (Wildman–Crippen LogP) is 2.20. The molecule has 1 aromatic heterocycles. The van der Waals surface area contributed by atoms with Gasteiger partial charge in [0.05, 0.1) is 42.7 Å². The summed E-state index contributed by atoms with van der Waals surface area (Å²) < 4.78 is 7.22. The van der Waals surface area contributed by atoms with Gasteiger partial charge in [-0.25, -0.2) is 0 Å². The molecule has 6 heteroatoms. The van der Waals surface area contributed by atoms with Gasteiger partial charge in [-0.3, -0.25) is 4.68 Å². The summed E-state index contributed by atoms with van der Waals surface area (Å²) >= 11 is 6.17. The minimum absolute atomic E-state index is 0.0997. The first-order chi connectivity index (χ1) is 9.97. The molecule has 0 fully saturated rings. The Morgan fingerprint density at radius 3 is 2.67 bits per heavy atom. The van der Waals surface area contributed by atoms with Crippen LogP contribution in [0.25, 0.3) is 0 Å². The fraction of sp³-hybridized carbons (Fsp3) is 0.400. The van der Waals surface area contributed by atoms with Crippen LogP contribution < -0.4 is 10.5 Å². The first kappa shape index (κ1) is 15.8. The minimum atomic E-state index is -0.404. The third kappa shape index (κ3) is 3.20. The average molecular weight is 310 g/mol. The third-order valence-electron chi connectivity index (χ3n) is 3.54. The SMILES string of the molecule is COc1ccc([C@@H](N)CO)cc1Cn1nc(C)c(Cl)c1C. The Bertz CT molecular complexity index is 640. The number of hydrogen-bond donors (Lipinski definition) is 2. The molecule has 5 nitrogen and oxygen atoms in total. The van der Waals surface area contributed by atoms with Crippen molar-refractivity contribution >= 4 is 11.6 Å². The molecule has 0 bridgehead atoms. The second kappa shape index (κ2) is 6.47. The molecule has 0 aliphatic heterocycles. The summed E-state index contributed by atoms with van der Waals surface area (Å²) in [6, 6.07) is 5.24. The number of nitrogens with zero attached hydrogens (tertiary/aromatic N) is 2. The number of aliphatic hydroxyl groups is 1. The number of benzene rings is 1. The molecule has 0 saturated carbocycles. The molecule has 2 rings (SSSR count). The lowest BCUT2D eigenvalue weighted by molar-refractivity contribution is 0.268. The highest BCUT2D eigenvalue weighted by molar-refractivity contribution is 6.31. The molecule has 0 aliphatic rings. The Kier molecular flexibility index (Phi) is 4.88. The summed E-state index contributed by atoms with van der Waals surface area (Å²) in [5.41, 5.74) is 9.39. The number of aliphatic hydroxyl groups excluding tert-OH is 1. The van der Waals surface area contributed by atoms with Crippen LogP contribution in [0.5, 0.6) is 5.75 Å². The predicted molar refractivity (Wildman–Crippen MR) is 82.8 cm³/mol. The van der Waals surface area contributed by atoms with E-state index in [1.54, 1.807) is 7.11 Å². The Labute approximate surface area is 129 Å². The number of hydrogen-bond acceptors (Lipinski definition) is 4. The van der Waals surface area contributed by atoms with E-state index < -0.39 is 6.04 Å².